The van der Waals surface area contributed by atoms with Gasteiger partial charge in [0, 0.05) is 18.5 Å². The number of rotatable bonds is 3. The molecule has 2 heterocycles. The van der Waals surface area contributed by atoms with Crippen molar-refractivity contribution in [3.63, 3.8) is 0 Å². The Labute approximate surface area is 122 Å². The first-order valence-corrected chi connectivity index (χ1v) is 7.31. The molecule has 0 aliphatic carbocycles. The fourth-order valence-electron chi connectivity index (χ4n) is 2.78. The van der Waals surface area contributed by atoms with Crippen molar-refractivity contribution in [1.82, 2.24) is 15.1 Å². The summed E-state index contributed by atoms with van der Waals surface area (Å²) in [6.07, 6.45) is 4.36. The van der Waals surface area contributed by atoms with Crippen molar-refractivity contribution in [2.45, 2.75) is 19.8 Å². The van der Waals surface area contributed by atoms with Gasteiger partial charge in [0.05, 0.1) is 10.7 Å². The van der Waals surface area contributed by atoms with Crippen LogP contribution in [0.1, 0.15) is 25.5 Å². The summed E-state index contributed by atoms with van der Waals surface area (Å²) >= 11 is 6.04. The van der Waals surface area contributed by atoms with Gasteiger partial charge in [-0.15, -0.1) is 0 Å². The average molecular weight is 294 g/mol. The molecule has 3 nitrogen and oxygen atoms in total. The largest absolute Gasteiger partial charge is 0.299 e. The minimum absolute atomic E-state index is 0.327. The van der Waals surface area contributed by atoms with E-state index < -0.39 is 0 Å². The summed E-state index contributed by atoms with van der Waals surface area (Å²) in [4.78, 5) is 2.41. The Balaban J connectivity index is 2.00. The molecule has 2 aromatic rings. The number of hydrogen-bond donors (Lipinski definition) is 1. The maximum absolute atomic E-state index is 13.6. The van der Waals surface area contributed by atoms with Crippen LogP contribution >= 0.6 is 11.6 Å². The normalized spacial score (nSPS) is 16.6. The second-order valence-corrected chi connectivity index (χ2v) is 5.58. The van der Waals surface area contributed by atoms with Gasteiger partial charge < -0.3 is 0 Å². The maximum atomic E-state index is 13.6. The summed E-state index contributed by atoms with van der Waals surface area (Å²) < 4.78 is 13.6. The van der Waals surface area contributed by atoms with Crippen LogP contribution in [0, 0.1) is 5.82 Å². The maximum Gasteiger partial charge on any atom is 0.125 e. The molecule has 1 aromatic heterocycles. The van der Waals surface area contributed by atoms with Crippen molar-refractivity contribution >= 4 is 28.1 Å². The number of nitrogens with one attached hydrogen (secondary N) is 1. The predicted octanol–water partition coefficient (Wildman–Crippen LogP) is 3.85. The number of H-pyrrole nitrogens is 1. The quantitative estimate of drug-likeness (QED) is 0.932. The van der Waals surface area contributed by atoms with Crippen LogP contribution in [0.15, 0.2) is 18.2 Å². The molecule has 0 radical (unpaired) electrons. The molecule has 0 atom stereocenters. The van der Waals surface area contributed by atoms with Crippen molar-refractivity contribution in [2.75, 3.05) is 19.6 Å². The van der Waals surface area contributed by atoms with Gasteiger partial charge in [0.15, 0.2) is 0 Å². The van der Waals surface area contributed by atoms with Crippen molar-refractivity contribution in [2.24, 2.45) is 0 Å². The molecule has 5 heteroatoms. The van der Waals surface area contributed by atoms with E-state index in [1.54, 1.807) is 0 Å². The Bertz CT molecular complexity index is 662. The van der Waals surface area contributed by atoms with Crippen molar-refractivity contribution in [1.29, 1.82) is 0 Å². The fraction of sp³-hybridized carbons (Fsp3) is 0.400. The second kappa shape index (κ2) is 5.54. The third-order valence-electron chi connectivity index (χ3n) is 3.67. The van der Waals surface area contributed by atoms with Gasteiger partial charge in [-0.05, 0) is 37.1 Å². The predicted molar refractivity (Wildman–Crippen MR) is 80.4 cm³/mol. The van der Waals surface area contributed by atoms with Gasteiger partial charge >= 0.3 is 0 Å². The lowest BCUT2D eigenvalue weighted by atomic mass is 10.0. The van der Waals surface area contributed by atoms with Gasteiger partial charge in [-0.1, -0.05) is 24.6 Å². The summed E-state index contributed by atoms with van der Waals surface area (Å²) in [7, 11) is 0. The fourth-order valence-corrected chi connectivity index (χ4v) is 3.03. The molecule has 1 aliphatic heterocycles. The Morgan fingerprint density at radius 2 is 2.30 bits per heavy atom. The molecule has 0 spiro atoms. The van der Waals surface area contributed by atoms with Gasteiger partial charge in [0.1, 0.15) is 11.3 Å². The highest BCUT2D eigenvalue weighted by Crippen LogP contribution is 2.30. The number of halogens is 2. The number of aromatic amines is 1. The zero-order chi connectivity index (χ0) is 14.1. The Kier molecular flexibility index (Phi) is 3.76. The summed E-state index contributed by atoms with van der Waals surface area (Å²) in [6.45, 7) is 5.22. The van der Waals surface area contributed by atoms with Crippen LogP contribution in [0.25, 0.3) is 16.5 Å². The minimum Gasteiger partial charge on any atom is -0.299 e. The molecule has 0 saturated heterocycles. The SMILES string of the molecule is CCCN1CCC=C(c2[nH]nc3c(Cl)cc(F)cc23)C1. The molecule has 0 fully saturated rings. The molecule has 1 aromatic carbocycles. The average Bonchev–Trinajstić information content (AvgIpc) is 2.83. The summed E-state index contributed by atoms with van der Waals surface area (Å²) in [6, 6.07) is 2.80. The zero-order valence-electron chi connectivity index (χ0n) is 11.4. The lowest BCUT2D eigenvalue weighted by molar-refractivity contribution is 0.305. The molecular formula is C15H17ClFN3. The molecule has 0 saturated carbocycles. The van der Waals surface area contributed by atoms with E-state index >= 15 is 0 Å². The summed E-state index contributed by atoms with van der Waals surface area (Å²) in [5.41, 5.74) is 2.70. The molecule has 20 heavy (non-hydrogen) atoms. The van der Waals surface area contributed by atoms with Crippen LogP contribution in [-0.4, -0.2) is 34.7 Å². The number of nitrogens with zero attached hydrogens (tertiary/aromatic N) is 2. The molecule has 0 unspecified atom stereocenters. The van der Waals surface area contributed by atoms with Gasteiger partial charge in [0.2, 0.25) is 0 Å². The third kappa shape index (κ3) is 2.45. The number of hydrogen-bond acceptors (Lipinski definition) is 2. The first kappa shape index (κ1) is 13.6. The Morgan fingerprint density at radius 3 is 3.10 bits per heavy atom. The van der Waals surface area contributed by atoms with E-state index in [0.29, 0.717) is 10.5 Å². The number of benzene rings is 1. The minimum atomic E-state index is -0.327. The van der Waals surface area contributed by atoms with Crippen LogP contribution < -0.4 is 0 Å². The van der Waals surface area contributed by atoms with Crippen LogP contribution in [0.4, 0.5) is 4.39 Å². The molecule has 3 rings (SSSR count). The highest BCUT2D eigenvalue weighted by Gasteiger charge is 2.18. The standard InChI is InChI=1S/C15H17ClFN3/c1-2-5-20-6-3-4-10(9-20)14-12-7-11(17)8-13(16)15(12)19-18-14/h4,7-8H,2-3,5-6,9H2,1H3,(H,18,19). The van der Waals surface area contributed by atoms with Crippen LogP contribution in [0.3, 0.4) is 0 Å². The van der Waals surface area contributed by atoms with Crippen LogP contribution in [-0.2, 0) is 0 Å². The number of fused-ring (bicyclic) bond motifs is 1. The summed E-state index contributed by atoms with van der Waals surface area (Å²) in [5, 5.41) is 8.36. The van der Waals surface area contributed by atoms with Crippen LogP contribution in [0.2, 0.25) is 5.02 Å². The lowest BCUT2D eigenvalue weighted by Gasteiger charge is -2.26. The summed E-state index contributed by atoms with van der Waals surface area (Å²) in [5.74, 6) is -0.327. The van der Waals surface area contributed by atoms with Crippen molar-refractivity contribution in [3.8, 4) is 0 Å². The van der Waals surface area contributed by atoms with E-state index in [9.17, 15) is 4.39 Å². The van der Waals surface area contributed by atoms with E-state index in [1.807, 2.05) is 0 Å². The smallest absolute Gasteiger partial charge is 0.125 e. The topological polar surface area (TPSA) is 31.9 Å². The first-order chi connectivity index (χ1) is 9.69. The number of aromatic nitrogens is 2. The molecule has 0 bridgehead atoms. The molecule has 1 N–H and O–H groups in total. The van der Waals surface area contributed by atoms with E-state index in [1.165, 1.54) is 17.7 Å². The molecule has 0 amide bonds. The van der Waals surface area contributed by atoms with E-state index in [0.717, 1.165) is 43.6 Å². The lowest BCUT2D eigenvalue weighted by Crippen LogP contribution is -2.30. The molecule has 106 valence electrons. The van der Waals surface area contributed by atoms with Gasteiger partial charge in [-0.25, -0.2) is 4.39 Å². The van der Waals surface area contributed by atoms with Gasteiger partial charge in [0.25, 0.3) is 0 Å². The molecule has 1 aliphatic rings. The Hall–Kier alpha value is -1.39. The molecular weight excluding hydrogens is 277 g/mol. The zero-order valence-corrected chi connectivity index (χ0v) is 12.2. The van der Waals surface area contributed by atoms with Crippen molar-refractivity contribution < 1.29 is 4.39 Å². The van der Waals surface area contributed by atoms with E-state index in [4.69, 9.17) is 11.6 Å². The first-order valence-electron chi connectivity index (χ1n) is 6.94. The highest BCUT2D eigenvalue weighted by atomic mass is 35.5. The van der Waals surface area contributed by atoms with Crippen LogP contribution in [0.5, 0.6) is 0 Å². The highest BCUT2D eigenvalue weighted by molar-refractivity contribution is 6.35. The monoisotopic (exact) mass is 293 g/mol. The van der Waals surface area contributed by atoms with Gasteiger partial charge in [-0.2, -0.15) is 5.10 Å². The van der Waals surface area contributed by atoms with Crippen molar-refractivity contribution in [3.05, 3.63) is 34.7 Å². The van der Waals surface area contributed by atoms with E-state index in [2.05, 4.69) is 28.1 Å². The Morgan fingerprint density at radius 1 is 1.45 bits per heavy atom. The van der Waals surface area contributed by atoms with Gasteiger partial charge in [-0.3, -0.25) is 10.00 Å². The third-order valence-corrected chi connectivity index (χ3v) is 3.96. The second-order valence-electron chi connectivity index (χ2n) is 5.18. The van der Waals surface area contributed by atoms with E-state index in [-0.39, 0.29) is 5.82 Å².